The third kappa shape index (κ3) is 9.23. The van der Waals surface area contributed by atoms with E-state index >= 15 is 0 Å². The lowest BCUT2D eigenvalue weighted by Gasteiger charge is -2.14. The van der Waals surface area contributed by atoms with Crippen molar-refractivity contribution in [2.24, 2.45) is 0 Å². The summed E-state index contributed by atoms with van der Waals surface area (Å²) in [6, 6.07) is 12.5. The molecule has 3 N–H and O–H groups in total. The normalized spacial score (nSPS) is 10.2. The molecule has 2 aromatic rings. The number of halogens is 1. The van der Waals surface area contributed by atoms with Gasteiger partial charge in [0.2, 0.25) is 0 Å². The van der Waals surface area contributed by atoms with Gasteiger partial charge in [-0.2, -0.15) is 0 Å². The second-order valence-electron chi connectivity index (χ2n) is 7.11. The molecule has 0 aliphatic carbocycles. The van der Waals surface area contributed by atoms with Gasteiger partial charge in [-0.15, -0.1) is 0 Å². The van der Waals surface area contributed by atoms with Gasteiger partial charge in [0.15, 0.2) is 11.7 Å². The van der Waals surface area contributed by atoms with Crippen molar-refractivity contribution >= 4 is 45.1 Å². The fourth-order valence-corrected chi connectivity index (χ4v) is 3.17. The Bertz CT molecular complexity index is 922. The number of benzene rings is 2. The molecule has 0 aliphatic heterocycles. The summed E-state index contributed by atoms with van der Waals surface area (Å²) >= 11 is 8.47. The molecular formula is C23H28BrN3O4S. The molecule has 9 heteroatoms. The molecule has 0 atom stereocenters. The number of hydrogen-bond acceptors (Lipinski definition) is 5. The van der Waals surface area contributed by atoms with E-state index in [1.54, 1.807) is 24.3 Å². The average Bonchev–Trinajstić information content (AvgIpc) is 2.78. The SMILES string of the molecule is CCCCCCOc1ccc(Br)cc1C(=O)NC(=S)NNC(=O)COc1ccc(C)cc1. The van der Waals surface area contributed by atoms with Crippen molar-refractivity contribution in [1.29, 1.82) is 0 Å². The number of nitrogens with one attached hydrogen (secondary N) is 3. The summed E-state index contributed by atoms with van der Waals surface area (Å²) < 4.78 is 11.9. The number of unbranched alkanes of at least 4 members (excludes halogenated alkanes) is 3. The predicted molar refractivity (Wildman–Crippen MR) is 132 cm³/mol. The monoisotopic (exact) mass is 521 g/mol. The first-order valence-electron chi connectivity index (χ1n) is 10.4. The van der Waals surface area contributed by atoms with Crippen molar-refractivity contribution < 1.29 is 19.1 Å². The maximum atomic E-state index is 12.7. The Labute approximate surface area is 202 Å². The number of carbonyl (C=O) groups excluding carboxylic acids is 2. The first-order chi connectivity index (χ1) is 15.4. The summed E-state index contributed by atoms with van der Waals surface area (Å²) in [6.07, 6.45) is 4.29. The second kappa shape index (κ2) is 13.7. The standard InChI is InChI=1S/C23H28BrN3O4S/c1-3-4-5-6-13-30-20-12-9-17(24)14-19(20)22(29)25-23(32)27-26-21(28)15-31-18-10-7-16(2)8-11-18/h7-12,14H,3-6,13,15H2,1-2H3,(H,26,28)(H2,25,27,29,32). The van der Waals surface area contributed by atoms with E-state index in [0.29, 0.717) is 23.7 Å². The van der Waals surface area contributed by atoms with Gasteiger partial charge in [0.1, 0.15) is 11.5 Å². The number of amides is 2. The van der Waals surface area contributed by atoms with Gasteiger partial charge in [0.05, 0.1) is 12.2 Å². The lowest BCUT2D eigenvalue weighted by molar-refractivity contribution is -0.123. The molecule has 172 valence electrons. The summed E-state index contributed by atoms with van der Waals surface area (Å²) in [5.74, 6) is 0.164. The van der Waals surface area contributed by atoms with E-state index in [1.807, 2.05) is 25.1 Å². The molecule has 0 aliphatic rings. The summed E-state index contributed by atoms with van der Waals surface area (Å²) in [4.78, 5) is 24.6. The molecule has 0 saturated heterocycles. The van der Waals surface area contributed by atoms with E-state index in [1.165, 1.54) is 0 Å². The fraction of sp³-hybridized carbons (Fsp3) is 0.348. The highest BCUT2D eigenvalue weighted by Gasteiger charge is 2.15. The highest BCUT2D eigenvalue weighted by molar-refractivity contribution is 9.10. The summed E-state index contributed by atoms with van der Waals surface area (Å²) in [6.45, 7) is 4.44. The Balaban J connectivity index is 1.80. The highest BCUT2D eigenvalue weighted by atomic mass is 79.9. The van der Waals surface area contributed by atoms with Crippen molar-refractivity contribution in [3.63, 3.8) is 0 Å². The van der Waals surface area contributed by atoms with Crippen molar-refractivity contribution in [3.8, 4) is 11.5 Å². The largest absolute Gasteiger partial charge is 0.493 e. The van der Waals surface area contributed by atoms with Crippen molar-refractivity contribution in [2.75, 3.05) is 13.2 Å². The molecule has 0 saturated carbocycles. The average molecular weight is 522 g/mol. The molecule has 0 aromatic heterocycles. The number of aryl methyl sites for hydroxylation is 1. The van der Waals surface area contributed by atoms with Crippen LogP contribution < -0.4 is 25.6 Å². The Kier molecular flexibility index (Phi) is 11.0. The zero-order chi connectivity index (χ0) is 23.3. The van der Waals surface area contributed by atoms with E-state index in [9.17, 15) is 9.59 Å². The number of hydrazine groups is 1. The fourth-order valence-electron chi connectivity index (χ4n) is 2.66. The van der Waals surface area contributed by atoms with Gasteiger partial charge in [-0.1, -0.05) is 59.8 Å². The van der Waals surface area contributed by atoms with Gasteiger partial charge in [-0.3, -0.25) is 25.8 Å². The summed E-state index contributed by atoms with van der Waals surface area (Å²) in [5.41, 5.74) is 6.32. The van der Waals surface area contributed by atoms with E-state index in [4.69, 9.17) is 21.7 Å². The third-order valence-corrected chi connectivity index (χ3v) is 5.07. The number of thiocarbonyl (C=S) groups is 1. The van der Waals surface area contributed by atoms with E-state index in [0.717, 1.165) is 35.7 Å². The molecule has 0 spiro atoms. The van der Waals surface area contributed by atoms with Gasteiger partial charge >= 0.3 is 0 Å². The predicted octanol–water partition coefficient (Wildman–Crippen LogP) is 4.43. The van der Waals surface area contributed by atoms with E-state index in [2.05, 4.69) is 39.0 Å². The van der Waals surface area contributed by atoms with Crippen LogP contribution in [0, 0.1) is 6.92 Å². The number of hydrogen-bond donors (Lipinski definition) is 3. The Morgan fingerprint density at radius 3 is 2.47 bits per heavy atom. The van der Waals surface area contributed by atoms with E-state index < -0.39 is 11.8 Å². The zero-order valence-corrected chi connectivity index (χ0v) is 20.6. The lowest BCUT2D eigenvalue weighted by Crippen LogP contribution is -2.49. The molecule has 2 rings (SSSR count). The van der Waals surface area contributed by atoms with Gasteiger partial charge in [0, 0.05) is 4.47 Å². The minimum atomic E-state index is -0.447. The van der Waals surface area contributed by atoms with Crippen LogP contribution in [0.25, 0.3) is 0 Å². The third-order valence-electron chi connectivity index (χ3n) is 4.38. The number of ether oxygens (including phenoxy) is 2. The van der Waals surface area contributed by atoms with Crippen LogP contribution in [0.4, 0.5) is 0 Å². The Morgan fingerprint density at radius 1 is 1.00 bits per heavy atom. The molecule has 0 bridgehead atoms. The molecule has 0 fully saturated rings. The van der Waals surface area contributed by atoms with Crippen LogP contribution in [0.1, 0.15) is 48.5 Å². The number of rotatable bonds is 10. The van der Waals surface area contributed by atoms with Crippen LogP contribution in [0.15, 0.2) is 46.9 Å². The minimum Gasteiger partial charge on any atom is -0.493 e. The maximum Gasteiger partial charge on any atom is 0.276 e. The van der Waals surface area contributed by atoms with Crippen LogP contribution >= 0.6 is 28.1 Å². The molecule has 0 unspecified atom stereocenters. The minimum absolute atomic E-state index is 0.0486. The number of carbonyl (C=O) groups is 2. The van der Waals surface area contributed by atoms with E-state index in [-0.39, 0.29) is 11.7 Å². The lowest BCUT2D eigenvalue weighted by atomic mass is 10.2. The van der Waals surface area contributed by atoms with Gasteiger partial charge in [-0.05, 0) is 55.9 Å². The van der Waals surface area contributed by atoms with Gasteiger partial charge < -0.3 is 9.47 Å². The van der Waals surface area contributed by atoms with Crippen LogP contribution in [0.3, 0.4) is 0 Å². The highest BCUT2D eigenvalue weighted by Crippen LogP contribution is 2.23. The topological polar surface area (TPSA) is 88.7 Å². The van der Waals surface area contributed by atoms with Crippen LogP contribution in [-0.2, 0) is 4.79 Å². The first-order valence-corrected chi connectivity index (χ1v) is 11.6. The molecule has 0 heterocycles. The van der Waals surface area contributed by atoms with Gasteiger partial charge in [0.25, 0.3) is 11.8 Å². The molecular weight excluding hydrogens is 494 g/mol. The zero-order valence-electron chi connectivity index (χ0n) is 18.2. The molecule has 7 nitrogen and oxygen atoms in total. The van der Waals surface area contributed by atoms with Crippen LogP contribution in [0.2, 0.25) is 0 Å². The van der Waals surface area contributed by atoms with Crippen LogP contribution in [0.5, 0.6) is 11.5 Å². The molecule has 0 radical (unpaired) electrons. The van der Waals surface area contributed by atoms with Crippen molar-refractivity contribution in [1.82, 2.24) is 16.2 Å². The van der Waals surface area contributed by atoms with Crippen molar-refractivity contribution in [3.05, 3.63) is 58.1 Å². The van der Waals surface area contributed by atoms with Gasteiger partial charge in [-0.25, -0.2) is 0 Å². The quantitative estimate of drug-likeness (QED) is 0.243. The maximum absolute atomic E-state index is 12.7. The smallest absolute Gasteiger partial charge is 0.276 e. The Hall–Kier alpha value is -2.65. The summed E-state index contributed by atoms with van der Waals surface area (Å²) in [7, 11) is 0. The first kappa shape index (κ1) is 25.6. The molecule has 2 aromatic carbocycles. The second-order valence-corrected chi connectivity index (χ2v) is 8.43. The Morgan fingerprint density at radius 2 is 1.75 bits per heavy atom. The van der Waals surface area contributed by atoms with Crippen molar-refractivity contribution in [2.45, 2.75) is 39.5 Å². The molecule has 2 amide bonds. The molecule has 32 heavy (non-hydrogen) atoms. The summed E-state index contributed by atoms with van der Waals surface area (Å²) in [5, 5.41) is 2.49. The van der Waals surface area contributed by atoms with Crippen LogP contribution in [-0.4, -0.2) is 30.1 Å².